The van der Waals surface area contributed by atoms with Gasteiger partial charge in [-0.15, -0.1) is 69.1 Å². The van der Waals surface area contributed by atoms with Gasteiger partial charge in [0.25, 0.3) is 0 Å². The van der Waals surface area contributed by atoms with E-state index in [1.807, 2.05) is 6.07 Å². The number of phenols is 1. The number of fused-ring (bicyclic) bond motifs is 2. The van der Waals surface area contributed by atoms with Gasteiger partial charge in [-0.05, 0) is 61.1 Å². The predicted molar refractivity (Wildman–Crippen MR) is 259 cm³/mol. The van der Waals surface area contributed by atoms with Gasteiger partial charge in [0.15, 0.2) is 0 Å². The van der Waals surface area contributed by atoms with Gasteiger partial charge in [0, 0.05) is 0 Å². The molecule has 7 aromatic rings. The molecule has 0 saturated heterocycles. The van der Waals surface area contributed by atoms with Crippen molar-refractivity contribution in [3.8, 4) is 28.0 Å². The topological polar surface area (TPSA) is 20.2 Å². The van der Waals surface area contributed by atoms with E-state index in [2.05, 4.69) is 226 Å². The second-order valence-corrected chi connectivity index (χ2v) is 23.0. The Bertz CT molecular complexity index is 2320. The van der Waals surface area contributed by atoms with Crippen LogP contribution in [0.3, 0.4) is 0 Å². The van der Waals surface area contributed by atoms with E-state index in [0.717, 1.165) is 5.56 Å². The van der Waals surface area contributed by atoms with Crippen LogP contribution in [0.15, 0.2) is 127 Å². The maximum Gasteiger partial charge on any atom is -0.0132 e. The summed E-state index contributed by atoms with van der Waals surface area (Å²) in [5, 5.41) is 15.2. The molecule has 7 aromatic carbocycles. The van der Waals surface area contributed by atoms with Gasteiger partial charge < -0.3 is 5.11 Å². The number of aromatic hydroxyl groups is 1. The number of aryl methyl sites for hydroxylation is 2. The number of benzene rings is 5. The molecule has 59 heavy (non-hydrogen) atoms. The van der Waals surface area contributed by atoms with Crippen molar-refractivity contribution < 1.29 is 29.3 Å². The van der Waals surface area contributed by atoms with E-state index < -0.39 is 0 Å². The van der Waals surface area contributed by atoms with E-state index in [0.29, 0.717) is 5.75 Å². The van der Waals surface area contributed by atoms with Crippen molar-refractivity contribution in [3.63, 3.8) is 0 Å². The molecule has 0 spiro atoms. The van der Waals surface area contributed by atoms with Crippen LogP contribution in [0.2, 0.25) is 0 Å². The van der Waals surface area contributed by atoms with Gasteiger partial charge in [0.05, 0.1) is 0 Å². The molecular weight excluding hydrogens is 792 g/mol. The molecule has 308 valence electrons. The molecule has 0 amide bonds. The predicted octanol–water partition coefficient (Wildman–Crippen LogP) is 16.4. The van der Waals surface area contributed by atoms with Gasteiger partial charge in [0.2, 0.25) is 0 Å². The van der Waals surface area contributed by atoms with E-state index >= 15 is 0 Å². The Morgan fingerprint density at radius 3 is 1.12 bits per heavy atom. The van der Waals surface area contributed by atoms with Crippen LogP contribution in [0.4, 0.5) is 0 Å². The number of hydrogen-bond donors (Lipinski definition) is 1. The molecule has 7 rings (SSSR count). The first-order valence-corrected chi connectivity index (χ1v) is 22.4. The third-order valence-electron chi connectivity index (χ3n) is 10.6. The van der Waals surface area contributed by atoms with Gasteiger partial charge in [-0.3, -0.25) is 0 Å². The third kappa shape index (κ3) is 13.2. The zero-order chi connectivity index (χ0) is 44.1. The molecule has 0 radical (unpaired) electrons. The molecule has 0 aromatic heterocycles. The molecule has 0 heterocycles. The summed E-state index contributed by atoms with van der Waals surface area (Å²) in [7, 11) is 0. The van der Waals surface area contributed by atoms with E-state index in [1.165, 1.54) is 74.8 Å². The zero-order valence-corrected chi connectivity index (χ0v) is 41.5. The first-order chi connectivity index (χ1) is 27.3. The van der Waals surface area contributed by atoms with E-state index in [9.17, 15) is 5.11 Å². The fraction of sp³-hybridized carbons (Fsp3) is 0.351. The quantitative estimate of drug-likeness (QED) is 0.172. The first-order valence-electron chi connectivity index (χ1n) is 21.2. The number of hydrogen-bond acceptors (Lipinski definition) is 1. The molecule has 0 atom stereocenters. The normalized spacial score (nSPS) is 11.9. The molecule has 2 heteroatoms. The van der Waals surface area contributed by atoms with Crippen molar-refractivity contribution in [1.82, 2.24) is 0 Å². The fourth-order valence-electron chi connectivity index (χ4n) is 7.18. The Labute approximate surface area is 373 Å². The van der Waals surface area contributed by atoms with Gasteiger partial charge in [-0.1, -0.05) is 181 Å². The van der Waals surface area contributed by atoms with Crippen molar-refractivity contribution in [1.29, 1.82) is 0 Å². The molecule has 0 aliphatic heterocycles. The molecule has 1 nitrogen and oxygen atoms in total. The Morgan fingerprint density at radius 1 is 0.458 bits per heavy atom. The van der Waals surface area contributed by atoms with Crippen LogP contribution in [0.25, 0.3) is 43.8 Å². The molecule has 0 bridgehead atoms. The van der Waals surface area contributed by atoms with Crippen molar-refractivity contribution >= 4 is 24.8 Å². The Kier molecular flexibility index (Phi) is 15.4. The summed E-state index contributed by atoms with van der Waals surface area (Å²) in [5.41, 5.74) is 13.5. The maximum absolute atomic E-state index is 9.84. The van der Waals surface area contributed by atoms with E-state index in [4.69, 9.17) is 0 Å². The summed E-state index contributed by atoms with van der Waals surface area (Å²) in [5.74, 6) is 0.399. The van der Waals surface area contributed by atoms with Crippen LogP contribution < -0.4 is 0 Å². The van der Waals surface area contributed by atoms with Gasteiger partial charge in [-0.25, -0.2) is 0 Å². The first kappa shape index (κ1) is 47.5. The minimum absolute atomic E-state index is 0.00859. The molecule has 0 aliphatic rings. The van der Waals surface area contributed by atoms with Crippen LogP contribution in [-0.2, 0) is 45.9 Å². The minimum atomic E-state index is -0.00859. The molecule has 0 fully saturated rings. The van der Waals surface area contributed by atoms with Crippen molar-refractivity contribution in [2.45, 2.75) is 132 Å². The third-order valence-corrected chi connectivity index (χ3v) is 10.6. The molecule has 0 saturated carbocycles. The van der Waals surface area contributed by atoms with E-state index in [1.54, 1.807) is 30.3 Å². The zero-order valence-electron chi connectivity index (χ0n) is 39.1. The molecule has 1 N–H and O–H groups in total. The standard InChI is InChI=1S/2C20H21.C14H22O.C3H6.Zr/c2*1-14-12-16-6-5-7-18(19(16)13-14)15-8-10-17(11-9-15)20(2,3)4;1-13(2,3)10-7-8-12(15)11(9-10)14(4,5)6;1-3-2;/h2*5-13H,1-4H3;7-9,15H,1-6H3;1-2H3;/q2*-1;;;+2. The number of phenolic OH excluding ortho intramolecular Hbond substituents is 1. The molecule has 0 aliphatic carbocycles. The summed E-state index contributed by atoms with van der Waals surface area (Å²) in [6.45, 7) is 35.0. The average molecular weight is 862 g/mol. The summed E-state index contributed by atoms with van der Waals surface area (Å²) >= 11 is 1.55. The van der Waals surface area contributed by atoms with Crippen molar-refractivity contribution in [2.75, 3.05) is 0 Å². The van der Waals surface area contributed by atoms with Gasteiger partial charge >= 0.3 is 41.3 Å². The second-order valence-electron chi connectivity index (χ2n) is 20.6. The van der Waals surface area contributed by atoms with Gasteiger partial charge in [-0.2, -0.15) is 12.1 Å². The Hall–Kier alpha value is -4.13. The SMILES string of the molecule is CC(C)(C)c1ccc(O)c(C(C)(C)C)c1.C[C](C)=[Zr+2].Cc1cc2c(-c3ccc(C(C)(C)C)cc3)cccc2[cH-]1.Cc1cc2c(-c3ccc(C(C)(C)C)cc3)cccc2[cH-]1. The monoisotopic (exact) mass is 860 g/mol. The number of rotatable bonds is 2. The van der Waals surface area contributed by atoms with Crippen LogP contribution in [0.5, 0.6) is 5.75 Å². The Morgan fingerprint density at radius 2 is 0.797 bits per heavy atom. The Balaban J connectivity index is 0.000000189. The maximum atomic E-state index is 9.84. The minimum Gasteiger partial charge on any atom is -0.165 e. The van der Waals surface area contributed by atoms with Crippen LogP contribution in [0.1, 0.15) is 130 Å². The van der Waals surface area contributed by atoms with Crippen molar-refractivity contribution in [3.05, 3.63) is 161 Å². The van der Waals surface area contributed by atoms with Crippen molar-refractivity contribution in [2.24, 2.45) is 0 Å². The largest absolute Gasteiger partial charge is 0.165 e. The summed E-state index contributed by atoms with van der Waals surface area (Å²) in [6.07, 6.45) is 0. The van der Waals surface area contributed by atoms with Crippen LogP contribution >= 0.6 is 0 Å². The summed E-state index contributed by atoms with van der Waals surface area (Å²) in [4.78, 5) is 0. The summed E-state index contributed by atoms with van der Waals surface area (Å²) in [6, 6.07) is 46.1. The molecular formula is C57H70OZr. The van der Waals surface area contributed by atoms with Crippen LogP contribution in [0, 0.1) is 13.8 Å². The molecule has 0 unspecified atom stereocenters. The average Bonchev–Trinajstić information content (AvgIpc) is 3.71. The van der Waals surface area contributed by atoms with Crippen LogP contribution in [-0.4, -0.2) is 8.31 Å². The van der Waals surface area contributed by atoms with E-state index in [-0.39, 0.29) is 21.7 Å². The smallest absolute Gasteiger partial charge is 0.0132 e. The summed E-state index contributed by atoms with van der Waals surface area (Å²) < 4.78 is 1.51. The van der Waals surface area contributed by atoms with Gasteiger partial charge in [0.1, 0.15) is 5.75 Å². The second kappa shape index (κ2) is 19.1. The fourth-order valence-corrected chi connectivity index (χ4v) is 7.18.